The van der Waals surface area contributed by atoms with E-state index in [-0.39, 0.29) is 17.3 Å². The molecule has 1 fully saturated rings. The fourth-order valence-corrected chi connectivity index (χ4v) is 6.06. The number of hydrogen-bond acceptors (Lipinski definition) is 5. The molecular weight excluding hydrogens is 389 g/mol. The number of nitrogen functional groups attached to an aromatic ring is 1. The lowest BCUT2D eigenvalue weighted by Gasteiger charge is -2.40. The minimum atomic E-state index is -0.577. The Bertz CT molecular complexity index is 1090. The summed E-state index contributed by atoms with van der Waals surface area (Å²) in [5, 5.41) is 3.33. The molecule has 1 aromatic heterocycles. The van der Waals surface area contributed by atoms with Crippen molar-refractivity contribution in [2.24, 2.45) is 0 Å². The molecule has 2 bridgehead atoms. The standard InChI is InChI=1S/C25H26FN5/c26-22-14-28-24(30-23(22)27)29-16-9-11-31(12-10-16)15-25-13-19(17-5-1-3-7-20(17)25)18-6-2-4-8-21(18)25/h1-8,14,16,19H,9-13,15H2,(H3,27,28,29,30). The third-order valence-corrected chi connectivity index (χ3v) is 7.44. The Balaban J connectivity index is 1.19. The van der Waals surface area contributed by atoms with Crippen LogP contribution in [0.3, 0.4) is 0 Å². The Hall–Kier alpha value is -2.99. The van der Waals surface area contributed by atoms with Crippen molar-refractivity contribution in [2.45, 2.75) is 36.6 Å². The smallest absolute Gasteiger partial charge is 0.225 e. The first kappa shape index (κ1) is 18.8. The van der Waals surface area contributed by atoms with Gasteiger partial charge in [0, 0.05) is 37.0 Å². The van der Waals surface area contributed by atoms with E-state index in [1.807, 2.05) is 0 Å². The predicted octanol–water partition coefficient (Wildman–Crippen LogP) is 3.91. The van der Waals surface area contributed by atoms with Gasteiger partial charge < -0.3 is 16.0 Å². The summed E-state index contributed by atoms with van der Waals surface area (Å²) in [5.74, 6) is 0.260. The molecule has 158 valence electrons. The Morgan fingerprint density at radius 3 is 2.32 bits per heavy atom. The number of nitrogens with one attached hydrogen (secondary N) is 1. The first-order valence-electron chi connectivity index (χ1n) is 11.1. The van der Waals surface area contributed by atoms with Gasteiger partial charge in [-0.2, -0.15) is 4.98 Å². The van der Waals surface area contributed by atoms with E-state index in [1.165, 1.54) is 28.7 Å². The summed E-state index contributed by atoms with van der Waals surface area (Å²) in [6, 6.07) is 18.3. The number of fused-ring (bicyclic) bond motifs is 8. The molecule has 6 rings (SSSR count). The zero-order valence-corrected chi connectivity index (χ0v) is 17.4. The second-order valence-corrected chi connectivity index (χ2v) is 9.13. The van der Waals surface area contributed by atoms with Crippen LogP contribution in [0.25, 0.3) is 0 Å². The van der Waals surface area contributed by atoms with Gasteiger partial charge in [-0.05, 0) is 41.5 Å². The van der Waals surface area contributed by atoms with Crippen LogP contribution in [0.1, 0.15) is 47.4 Å². The number of nitrogens with zero attached hydrogens (tertiary/aromatic N) is 3. The molecule has 3 aliphatic rings. The van der Waals surface area contributed by atoms with Crippen LogP contribution >= 0.6 is 0 Å². The molecule has 5 nitrogen and oxygen atoms in total. The first-order valence-corrected chi connectivity index (χ1v) is 11.1. The molecule has 3 N–H and O–H groups in total. The highest BCUT2D eigenvalue weighted by atomic mass is 19.1. The molecule has 0 saturated carbocycles. The number of rotatable bonds is 4. The van der Waals surface area contributed by atoms with E-state index in [2.05, 4.69) is 68.7 Å². The Morgan fingerprint density at radius 1 is 1.03 bits per heavy atom. The van der Waals surface area contributed by atoms with Crippen LogP contribution in [-0.4, -0.2) is 40.5 Å². The van der Waals surface area contributed by atoms with E-state index in [1.54, 1.807) is 0 Å². The van der Waals surface area contributed by atoms with Gasteiger partial charge in [0.2, 0.25) is 5.95 Å². The van der Waals surface area contributed by atoms with Crippen molar-refractivity contribution < 1.29 is 4.39 Å². The molecule has 0 spiro atoms. The van der Waals surface area contributed by atoms with Crippen LogP contribution < -0.4 is 11.1 Å². The van der Waals surface area contributed by atoms with Crippen LogP contribution in [-0.2, 0) is 5.41 Å². The number of piperidine rings is 1. The second kappa shape index (κ2) is 7.02. The molecular formula is C25H26FN5. The fraction of sp³-hybridized carbons (Fsp3) is 0.360. The summed E-state index contributed by atoms with van der Waals surface area (Å²) in [6.45, 7) is 3.10. The molecule has 31 heavy (non-hydrogen) atoms. The average Bonchev–Trinajstić information content (AvgIpc) is 3.30. The van der Waals surface area contributed by atoms with Crippen LogP contribution in [0.4, 0.5) is 16.2 Å². The lowest BCUT2D eigenvalue weighted by Crippen LogP contribution is -2.46. The summed E-state index contributed by atoms with van der Waals surface area (Å²) >= 11 is 0. The van der Waals surface area contributed by atoms with Gasteiger partial charge in [0.25, 0.3) is 0 Å². The highest BCUT2D eigenvalue weighted by molar-refractivity contribution is 5.62. The van der Waals surface area contributed by atoms with Gasteiger partial charge >= 0.3 is 0 Å². The Kier molecular flexibility index (Phi) is 4.25. The van der Waals surface area contributed by atoms with E-state index >= 15 is 0 Å². The summed E-state index contributed by atoms with van der Waals surface area (Å²) in [6.07, 6.45) is 4.32. The normalized spacial score (nSPS) is 24.7. The van der Waals surface area contributed by atoms with Gasteiger partial charge in [0.15, 0.2) is 11.6 Å². The molecule has 6 heteroatoms. The number of nitrogens with two attached hydrogens (primary N) is 1. The number of anilines is 2. The summed E-state index contributed by atoms with van der Waals surface area (Å²) in [7, 11) is 0. The minimum Gasteiger partial charge on any atom is -0.381 e. The van der Waals surface area contributed by atoms with Crippen LogP contribution in [0.5, 0.6) is 0 Å². The average molecular weight is 416 g/mol. The summed E-state index contributed by atoms with van der Waals surface area (Å²) in [4.78, 5) is 10.7. The van der Waals surface area contributed by atoms with Crippen LogP contribution in [0.2, 0.25) is 0 Å². The molecule has 0 atom stereocenters. The molecule has 2 aliphatic carbocycles. The highest BCUT2D eigenvalue weighted by Crippen LogP contribution is 2.60. The molecule has 0 radical (unpaired) electrons. The van der Waals surface area contributed by atoms with Crippen molar-refractivity contribution in [2.75, 3.05) is 30.7 Å². The van der Waals surface area contributed by atoms with Crippen molar-refractivity contribution in [1.82, 2.24) is 14.9 Å². The van der Waals surface area contributed by atoms with E-state index in [0.717, 1.165) is 38.7 Å². The largest absolute Gasteiger partial charge is 0.381 e. The van der Waals surface area contributed by atoms with Gasteiger partial charge in [-0.15, -0.1) is 0 Å². The van der Waals surface area contributed by atoms with Gasteiger partial charge in [-0.1, -0.05) is 48.5 Å². The maximum atomic E-state index is 13.3. The maximum absolute atomic E-state index is 13.3. The van der Waals surface area contributed by atoms with Gasteiger partial charge in [-0.3, -0.25) is 0 Å². The van der Waals surface area contributed by atoms with E-state index in [9.17, 15) is 4.39 Å². The topological polar surface area (TPSA) is 67.1 Å². The third-order valence-electron chi connectivity index (χ3n) is 7.44. The Morgan fingerprint density at radius 2 is 1.68 bits per heavy atom. The first-order chi connectivity index (χ1) is 15.1. The maximum Gasteiger partial charge on any atom is 0.225 e. The number of aromatic nitrogens is 2. The van der Waals surface area contributed by atoms with Crippen LogP contribution in [0.15, 0.2) is 54.7 Å². The molecule has 0 unspecified atom stereocenters. The van der Waals surface area contributed by atoms with Gasteiger partial charge in [0.1, 0.15) is 0 Å². The zero-order chi connectivity index (χ0) is 21.0. The number of halogens is 1. The fourth-order valence-electron chi connectivity index (χ4n) is 6.06. The number of benzene rings is 2. The van der Waals surface area contributed by atoms with Crippen molar-refractivity contribution in [3.05, 3.63) is 82.8 Å². The van der Waals surface area contributed by atoms with Crippen LogP contribution in [0, 0.1) is 5.82 Å². The van der Waals surface area contributed by atoms with Gasteiger partial charge in [0.05, 0.1) is 6.20 Å². The van der Waals surface area contributed by atoms with Crippen molar-refractivity contribution in [3.8, 4) is 0 Å². The lowest BCUT2D eigenvalue weighted by molar-refractivity contribution is 0.186. The molecule has 2 aromatic carbocycles. The van der Waals surface area contributed by atoms with Crippen molar-refractivity contribution in [3.63, 3.8) is 0 Å². The van der Waals surface area contributed by atoms with E-state index in [4.69, 9.17) is 5.73 Å². The molecule has 2 heterocycles. The predicted molar refractivity (Wildman–Crippen MR) is 120 cm³/mol. The van der Waals surface area contributed by atoms with Crippen molar-refractivity contribution in [1.29, 1.82) is 0 Å². The molecule has 1 saturated heterocycles. The molecule has 3 aromatic rings. The number of likely N-dealkylation sites (tertiary alicyclic amines) is 1. The highest BCUT2D eigenvalue weighted by Gasteiger charge is 2.53. The van der Waals surface area contributed by atoms with E-state index < -0.39 is 5.82 Å². The monoisotopic (exact) mass is 415 g/mol. The third kappa shape index (κ3) is 2.92. The second-order valence-electron chi connectivity index (χ2n) is 9.13. The van der Waals surface area contributed by atoms with Gasteiger partial charge in [-0.25, -0.2) is 9.37 Å². The molecule has 1 aliphatic heterocycles. The Labute approximate surface area is 181 Å². The zero-order valence-electron chi connectivity index (χ0n) is 17.4. The SMILES string of the molecule is Nc1nc(NC2CCN(CC34CC(c5ccccc53)c3ccccc34)CC2)ncc1F. The summed E-state index contributed by atoms with van der Waals surface area (Å²) < 4.78 is 13.3. The summed E-state index contributed by atoms with van der Waals surface area (Å²) in [5.41, 5.74) is 11.8. The van der Waals surface area contributed by atoms with Crippen molar-refractivity contribution >= 4 is 11.8 Å². The minimum absolute atomic E-state index is 0.104. The lowest BCUT2D eigenvalue weighted by atomic mass is 9.74. The number of hydrogen-bond donors (Lipinski definition) is 2. The molecule has 0 amide bonds. The quantitative estimate of drug-likeness (QED) is 0.676. The van der Waals surface area contributed by atoms with E-state index in [0.29, 0.717) is 11.9 Å².